The van der Waals surface area contributed by atoms with E-state index in [1.165, 1.54) is 21.8 Å². The summed E-state index contributed by atoms with van der Waals surface area (Å²) >= 11 is 0. The predicted octanol–water partition coefficient (Wildman–Crippen LogP) is 15.0. The van der Waals surface area contributed by atoms with Gasteiger partial charge in [0.1, 0.15) is 5.52 Å². The molecule has 0 aliphatic carbocycles. The fraction of sp³-hybridized carbons (Fsp3) is 0. The third-order valence-corrected chi connectivity index (χ3v) is 12.1. The molecule has 9 aromatic carbocycles. The van der Waals surface area contributed by atoms with Crippen molar-refractivity contribution < 1.29 is 0 Å². The van der Waals surface area contributed by atoms with Gasteiger partial charge in [-0.3, -0.25) is 4.57 Å². The van der Waals surface area contributed by atoms with E-state index >= 15 is 0 Å². The Balaban J connectivity index is 1.11. The Morgan fingerprint density at radius 2 is 0.677 bits per heavy atom. The third-order valence-electron chi connectivity index (χ3n) is 12.1. The van der Waals surface area contributed by atoms with Crippen LogP contribution < -0.4 is 0 Å². The third kappa shape index (κ3) is 6.00. The second-order valence-electron chi connectivity index (χ2n) is 15.8. The van der Waals surface area contributed by atoms with Crippen molar-refractivity contribution in [2.75, 3.05) is 0 Å². The Bertz CT molecular complexity index is 3610. The minimum absolute atomic E-state index is 0.813. The van der Waals surface area contributed by atoms with Gasteiger partial charge in [-0.2, -0.15) is 0 Å². The van der Waals surface area contributed by atoms with E-state index in [9.17, 15) is 0 Å². The number of nitrogens with zero attached hydrogens (tertiary/aromatic N) is 4. The summed E-state index contributed by atoms with van der Waals surface area (Å²) in [6.07, 6.45) is 0. The summed E-state index contributed by atoms with van der Waals surface area (Å²) < 4.78 is 4.63. The van der Waals surface area contributed by atoms with Crippen LogP contribution in [-0.4, -0.2) is 19.1 Å². The molecule has 0 unspecified atom stereocenters. The predicted molar refractivity (Wildman–Crippen MR) is 258 cm³/mol. The molecular formula is C58H38N4. The number of fused-ring (bicyclic) bond motifs is 6. The Kier molecular flexibility index (Phi) is 8.46. The fourth-order valence-electron chi connectivity index (χ4n) is 9.18. The molecule has 0 spiro atoms. The van der Waals surface area contributed by atoms with Crippen LogP contribution in [-0.2, 0) is 0 Å². The molecule has 62 heavy (non-hydrogen) atoms. The van der Waals surface area contributed by atoms with Gasteiger partial charge in [0, 0.05) is 38.7 Å². The number of rotatable bonds is 7. The molecule has 0 saturated heterocycles. The zero-order valence-electron chi connectivity index (χ0n) is 33.7. The standard InChI is InChI=1S/C58H38N4/c1-5-17-39(18-6-1)41-21-15-23-45(35-41)55-56(46-24-16-22-42(36-46)40-19-7-2-8-20-40)60-58-57(59-55)51-38-44(32-34-54(51)62(58)48-27-11-4-12-28-48)43-31-33-53-50(37-43)49-29-13-14-30-52(49)61(53)47-25-9-3-10-26-47/h1-38H. The first kappa shape index (κ1) is 35.6. The number of benzene rings is 9. The van der Waals surface area contributed by atoms with Gasteiger partial charge in [0.25, 0.3) is 0 Å². The minimum atomic E-state index is 0.813. The van der Waals surface area contributed by atoms with E-state index in [1.54, 1.807) is 0 Å². The van der Waals surface area contributed by atoms with Crippen LogP contribution in [0.15, 0.2) is 231 Å². The summed E-state index contributed by atoms with van der Waals surface area (Å²) in [5.74, 6) is 0. The smallest absolute Gasteiger partial charge is 0.165 e. The van der Waals surface area contributed by atoms with Crippen LogP contribution in [0.3, 0.4) is 0 Å². The van der Waals surface area contributed by atoms with Crippen LogP contribution in [0.2, 0.25) is 0 Å². The van der Waals surface area contributed by atoms with E-state index in [4.69, 9.17) is 9.97 Å². The monoisotopic (exact) mass is 790 g/mol. The van der Waals surface area contributed by atoms with E-state index in [0.717, 1.165) is 89.3 Å². The number of para-hydroxylation sites is 3. The summed E-state index contributed by atoms with van der Waals surface area (Å²) in [6.45, 7) is 0. The van der Waals surface area contributed by atoms with Crippen LogP contribution in [0.5, 0.6) is 0 Å². The van der Waals surface area contributed by atoms with Gasteiger partial charge in [0.15, 0.2) is 5.65 Å². The molecule has 3 aromatic heterocycles. The molecule has 0 N–H and O–H groups in total. The van der Waals surface area contributed by atoms with Gasteiger partial charge in [-0.15, -0.1) is 0 Å². The molecule has 0 aliphatic rings. The van der Waals surface area contributed by atoms with Crippen molar-refractivity contribution in [3.05, 3.63) is 231 Å². The molecule has 12 aromatic rings. The molecule has 0 saturated carbocycles. The first-order valence-corrected chi connectivity index (χ1v) is 21.1. The van der Waals surface area contributed by atoms with Crippen LogP contribution >= 0.6 is 0 Å². The lowest BCUT2D eigenvalue weighted by Crippen LogP contribution is -2.00. The molecule has 0 radical (unpaired) electrons. The van der Waals surface area contributed by atoms with E-state index < -0.39 is 0 Å². The normalized spacial score (nSPS) is 11.5. The molecule has 0 fully saturated rings. The van der Waals surface area contributed by atoms with Crippen molar-refractivity contribution in [2.45, 2.75) is 0 Å². The second-order valence-corrected chi connectivity index (χ2v) is 15.8. The highest BCUT2D eigenvalue weighted by Crippen LogP contribution is 2.41. The summed E-state index contributed by atoms with van der Waals surface area (Å²) in [5, 5.41) is 3.49. The summed E-state index contributed by atoms with van der Waals surface area (Å²) in [4.78, 5) is 11.4. The first-order valence-electron chi connectivity index (χ1n) is 21.1. The maximum atomic E-state index is 5.71. The SMILES string of the molecule is c1ccc(-c2cccc(-c3nc4c5cc(-c6ccc7c(c6)c6ccccc6n7-c6ccccc6)ccc5n(-c5ccccc5)c4nc3-c3cccc(-c4ccccc4)c3)c2)cc1. The largest absolute Gasteiger partial charge is 0.309 e. The zero-order valence-corrected chi connectivity index (χ0v) is 33.7. The molecule has 4 nitrogen and oxygen atoms in total. The molecule has 0 bridgehead atoms. The topological polar surface area (TPSA) is 35.6 Å². The van der Waals surface area contributed by atoms with Crippen molar-refractivity contribution in [1.82, 2.24) is 19.1 Å². The second kappa shape index (κ2) is 14.7. The van der Waals surface area contributed by atoms with Gasteiger partial charge < -0.3 is 4.57 Å². The zero-order chi connectivity index (χ0) is 41.0. The number of hydrogen-bond donors (Lipinski definition) is 0. The van der Waals surface area contributed by atoms with E-state index in [0.29, 0.717) is 0 Å². The average Bonchev–Trinajstić information content (AvgIpc) is 3.86. The van der Waals surface area contributed by atoms with Crippen LogP contribution in [0.25, 0.3) is 111 Å². The van der Waals surface area contributed by atoms with Crippen molar-refractivity contribution in [3.63, 3.8) is 0 Å². The van der Waals surface area contributed by atoms with Crippen LogP contribution in [0.4, 0.5) is 0 Å². The van der Waals surface area contributed by atoms with Crippen molar-refractivity contribution in [2.24, 2.45) is 0 Å². The van der Waals surface area contributed by atoms with Gasteiger partial charge in [0.2, 0.25) is 0 Å². The number of hydrogen-bond acceptors (Lipinski definition) is 2. The lowest BCUT2D eigenvalue weighted by Gasteiger charge is -2.13. The van der Waals surface area contributed by atoms with Gasteiger partial charge in [-0.1, -0.05) is 164 Å². The fourth-order valence-corrected chi connectivity index (χ4v) is 9.18. The number of aromatic nitrogens is 4. The summed E-state index contributed by atoms with van der Waals surface area (Å²) in [6, 6.07) is 82.0. The molecule has 0 amide bonds. The van der Waals surface area contributed by atoms with Gasteiger partial charge in [-0.25, -0.2) is 9.97 Å². The minimum Gasteiger partial charge on any atom is -0.309 e. The maximum absolute atomic E-state index is 5.71. The molecule has 12 rings (SSSR count). The molecule has 3 heterocycles. The summed E-state index contributed by atoms with van der Waals surface area (Å²) in [7, 11) is 0. The van der Waals surface area contributed by atoms with E-state index in [2.05, 4.69) is 240 Å². The van der Waals surface area contributed by atoms with E-state index in [1.807, 2.05) is 0 Å². The molecule has 0 atom stereocenters. The quantitative estimate of drug-likeness (QED) is 0.161. The van der Waals surface area contributed by atoms with Gasteiger partial charge in [-0.05, 0) is 100 Å². The molecule has 290 valence electrons. The highest BCUT2D eigenvalue weighted by molar-refractivity contribution is 6.12. The Morgan fingerprint density at radius 1 is 0.258 bits per heavy atom. The summed E-state index contributed by atoms with van der Waals surface area (Å²) in [5.41, 5.74) is 17.8. The lowest BCUT2D eigenvalue weighted by molar-refractivity contribution is 1.13. The van der Waals surface area contributed by atoms with Gasteiger partial charge >= 0.3 is 0 Å². The maximum Gasteiger partial charge on any atom is 0.165 e. The Morgan fingerprint density at radius 3 is 1.27 bits per heavy atom. The molecule has 0 aliphatic heterocycles. The van der Waals surface area contributed by atoms with Crippen LogP contribution in [0, 0.1) is 0 Å². The van der Waals surface area contributed by atoms with E-state index in [-0.39, 0.29) is 0 Å². The van der Waals surface area contributed by atoms with Crippen LogP contribution in [0.1, 0.15) is 0 Å². The molecular weight excluding hydrogens is 753 g/mol. The van der Waals surface area contributed by atoms with Crippen molar-refractivity contribution in [3.8, 4) is 67.3 Å². The highest BCUT2D eigenvalue weighted by atomic mass is 15.1. The average molecular weight is 791 g/mol. The Hall–Kier alpha value is -8.34. The Labute approximate surface area is 359 Å². The molecule has 4 heteroatoms. The first-order chi connectivity index (χ1) is 30.7. The van der Waals surface area contributed by atoms with Gasteiger partial charge in [0.05, 0.1) is 27.9 Å². The highest BCUT2D eigenvalue weighted by Gasteiger charge is 2.22. The van der Waals surface area contributed by atoms with Crippen molar-refractivity contribution in [1.29, 1.82) is 0 Å². The lowest BCUT2D eigenvalue weighted by atomic mass is 9.97. The van der Waals surface area contributed by atoms with Crippen molar-refractivity contribution >= 4 is 43.9 Å².